The van der Waals surface area contributed by atoms with Crippen molar-refractivity contribution in [3.8, 4) is 11.5 Å². The average molecular weight is 339 g/mol. The lowest BCUT2D eigenvalue weighted by Gasteiger charge is -2.11. The Morgan fingerprint density at radius 2 is 2.12 bits per heavy atom. The standard InChI is InChI=1S/C19H25N5O/c1-23-9-7-14(11-23)18-21-19(24(22-18)15-8-10-25-12-15)17-6-5-13-3-2-4-16(13)20-17/h5-6,14-15H,2-4,7-12H2,1H3. The van der Waals surface area contributed by atoms with Crippen LogP contribution < -0.4 is 0 Å². The Morgan fingerprint density at radius 3 is 2.92 bits per heavy atom. The maximum absolute atomic E-state index is 5.61. The second-order valence-electron chi connectivity index (χ2n) is 7.66. The molecule has 2 aromatic heterocycles. The van der Waals surface area contributed by atoms with Crippen molar-refractivity contribution in [2.45, 2.75) is 44.1 Å². The summed E-state index contributed by atoms with van der Waals surface area (Å²) < 4.78 is 7.71. The Bertz CT molecular complexity index is 780. The smallest absolute Gasteiger partial charge is 0.177 e. The van der Waals surface area contributed by atoms with E-state index in [0.29, 0.717) is 5.92 Å². The molecule has 0 bridgehead atoms. The van der Waals surface area contributed by atoms with Crippen molar-refractivity contribution in [1.29, 1.82) is 0 Å². The molecule has 0 amide bonds. The summed E-state index contributed by atoms with van der Waals surface area (Å²) in [6, 6.07) is 4.65. The first-order valence-corrected chi connectivity index (χ1v) is 9.50. The first-order chi connectivity index (χ1) is 12.3. The number of hydrogen-bond donors (Lipinski definition) is 0. The van der Waals surface area contributed by atoms with Crippen molar-refractivity contribution in [2.75, 3.05) is 33.4 Å². The van der Waals surface area contributed by atoms with Gasteiger partial charge in [0.1, 0.15) is 5.69 Å². The van der Waals surface area contributed by atoms with Gasteiger partial charge in [-0.05, 0) is 57.3 Å². The first-order valence-electron chi connectivity index (χ1n) is 9.50. The third-order valence-corrected chi connectivity index (χ3v) is 5.81. The van der Waals surface area contributed by atoms with Crippen molar-refractivity contribution in [3.63, 3.8) is 0 Å². The fourth-order valence-corrected chi connectivity index (χ4v) is 4.35. The molecular weight excluding hydrogens is 314 g/mol. The first kappa shape index (κ1) is 15.5. The highest BCUT2D eigenvalue weighted by molar-refractivity contribution is 5.52. The van der Waals surface area contributed by atoms with Crippen molar-refractivity contribution >= 4 is 0 Å². The molecule has 2 saturated heterocycles. The molecule has 2 unspecified atom stereocenters. The Labute approximate surface area is 148 Å². The van der Waals surface area contributed by atoms with Crippen molar-refractivity contribution < 1.29 is 4.74 Å². The number of pyridine rings is 1. The zero-order valence-electron chi connectivity index (χ0n) is 14.8. The number of aromatic nitrogens is 4. The van der Waals surface area contributed by atoms with Crippen LogP contribution in [-0.4, -0.2) is 58.0 Å². The lowest BCUT2D eigenvalue weighted by molar-refractivity contribution is 0.184. The molecule has 0 spiro atoms. The molecule has 2 aliphatic heterocycles. The van der Waals surface area contributed by atoms with Gasteiger partial charge in [-0.3, -0.25) is 0 Å². The predicted octanol–water partition coefficient (Wildman–Crippen LogP) is 2.21. The molecule has 132 valence electrons. The van der Waals surface area contributed by atoms with Gasteiger partial charge in [0.05, 0.1) is 12.6 Å². The maximum atomic E-state index is 5.61. The number of hydrogen-bond acceptors (Lipinski definition) is 5. The number of ether oxygens (including phenoxy) is 1. The summed E-state index contributed by atoms with van der Waals surface area (Å²) in [7, 11) is 2.17. The van der Waals surface area contributed by atoms with Crippen LogP contribution in [0.2, 0.25) is 0 Å². The highest BCUT2D eigenvalue weighted by Gasteiger charge is 2.30. The average Bonchev–Trinajstić information content (AvgIpc) is 3.39. The van der Waals surface area contributed by atoms with E-state index in [0.717, 1.165) is 69.3 Å². The van der Waals surface area contributed by atoms with Gasteiger partial charge in [0.25, 0.3) is 0 Å². The summed E-state index contributed by atoms with van der Waals surface area (Å²) in [6.07, 6.45) is 5.61. The fourth-order valence-electron chi connectivity index (χ4n) is 4.35. The van der Waals surface area contributed by atoms with Crippen LogP contribution in [0.5, 0.6) is 0 Å². The topological polar surface area (TPSA) is 56.1 Å². The SMILES string of the molecule is CN1CCC(c2nc(-c3ccc4c(n3)CCC4)n(C3CCOC3)n2)C1. The Balaban J connectivity index is 1.55. The van der Waals surface area contributed by atoms with E-state index >= 15 is 0 Å². The number of rotatable bonds is 3. The molecule has 0 radical (unpaired) electrons. The second kappa shape index (κ2) is 6.18. The van der Waals surface area contributed by atoms with Crippen LogP contribution >= 0.6 is 0 Å². The minimum Gasteiger partial charge on any atom is -0.379 e. The Kier molecular flexibility index (Phi) is 3.82. The maximum Gasteiger partial charge on any atom is 0.177 e. The van der Waals surface area contributed by atoms with Crippen molar-refractivity contribution in [3.05, 3.63) is 29.2 Å². The molecule has 2 fully saturated rings. The van der Waals surface area contributed by atoms with E-state index in [1.165, 1.54) is 17.7 Å². The van der Waals surface area contributed by atoms with Gasteiger partial charge in [-0.1, -0.05) is 6.07 Å². The van der Waals surface area contributed by atoms with E-state index in [1.807, 2.05) is 0 Å². The monoisotopic (exact) mass is 339 g/mol. The van der Waals surface area contributed by atoms with Crippen LogP contribution in [0.15, 0.2) is 12.1 Å². The Hall–Kier alpha value is -1.79. The summed E-state index contributed by atoms with van der Waals surface area (Å²) in [6.45, 7) is 3.70. The summed E-state index contributed by atoms with van der Waals surface area (Å²) in [5.41, 5.74) is 3.62. The lowest BCUT2D eigenvalue weighted by Crippen LogP contribution is -2.15. The highest BCUT2D eigenvalue weighted by atomic mass is 16.5. The van der Waals surface area contributed by atoms with Crippen LogP contribution in [0.3, 0.4) is 0 Å². The quantitative estimate of drug-likeness (QED) is 0.858. The van der Waals surface area contributed by atoms with Gasteiger partial charge in [-0.25, -0.2) is 14.6 Å². The van der Waals surface area contributed by atoms with E-state index < -0.39 is 0 Å². The molecule has 6 heteroatoms. The molecule has 5 rings (SSSR count). The van der Waals surface area contributed by atoms with Gasteiger partial charge in [-0.2, -0.15) is 5.10 Å². The van der Waals surface area contributed by atoms with Crippen LogP contribution in [0, 0.1) is 0 Å². The van der Waals surface area contributed by atoms with E-state index in [9.17, 15) is 0 Å². The molecule has 6 nitrogen and oxygen atoms in total. The molecular formula is C19H25N5O. The number of likely N-dealkylation sites (N-methyl/N-ethyl adjacent to an activating group) is 1. The molecule has 0 saturated carbocycles. The molecule has 3 aliphatic rings. The van der Waals surface area contributed by atoms with Gasteiger partial charge in [-0.15, -0.1) is 0 Å². The number of fused-ring (bicyclic) bond motifs is 1. The zero-order valence-corrected chi connectivity index (χ0v) is 14.8. The number of nitrogens with zero attached hydrogens (tertiary/aromatic N) is 5. The normalized spacial score (nSPS) is 26.4. The number of likely N-dealkylation sites (tertiary alicyclic amines) is 1. The fraction of sp³-hybridized carbons (Fsp3) is 0.632. The second-order valence-corrected chi connectivity index (χ2v) is 7.66. The molecule has 2 aromatic rings. The summed E-state index contributed by atoms with van der Waals surface area (Å²) in [4.78, 5) is 12.3. The van der Waals surface area contributed by atoms with Crippen LogP contribution in [-0.2, 0) is 17.6 Å². The van der Waals surface area contributed by atoms with Crippen LogP contribution in [0.25, 0.3) is 11.5 Å². The van der Waals surface area contributed by atoms with E-state index in [2.05, 4.69) is 28.8 Å². The molecule has 0 N–H and O–H groups in total. The van der Waals surface area contributed by atoms with Gasteiger partial charge in [0.15, 0.2) is 11.6 Å². The minimum absolute atomic E-state index is 0.283. The van der Waals surface area contributed by atoms with Crippen molar-refractivity contribution in [1.82, 2.24) is 24.6 Å². The molecule has 25 heavy (non-hydrogen) atoms. The van der Waals surface area contributed by atoms with E-state index in [1.54, 1.807) is 0 Å². The van der Waals surface area contributed by atoms with Crippen molar-refractivity contribution in [2.24, 2.45) is 0 Å². The van der Waals surface area contributed by atoms with Gasteiger partial charge in [0, 0.05) is 24.8 Å². The third-order valence-electron chi connectivity index (χ3n) is 5.81. The Morgan fingerprint density at radius 1 is 1.16 bits per heavy atom. The summed E-state index contributed by atoms with van der Waals surface area (Å²) in [5.74, 6) is 2.34. The number of aryl methyl sites for hydroxylation is 2. The highest BCUT2D eigenvalue weighted by Crippen LogP contribution is 2.31. The largest absolute Gasteiger partial charge is 0.379 e. The minimum atomic E-state index is 0.283. The summed E-state index contributed by atoms with van der Waals surface area (Å²) >= 11 is 0. The predicted molar refractivity (Wildman–Crippen MR) is 94.6 cm³/mol. The third kappa shape index (κ3) is 2.77. The van der Waals surface area contributed by atoms with Crippen LogP contribution in [0.4, 0.5) is 0 Å². The van der Waals surface area contributed by atoms with Gasteiger partial charge in [0.2, 0.25) is 0 Å². The molecule has 2 atom stereocenters. The van der Waals surface area contributed by atoms with Crippen LogP contribution in [0.1, 0.15) is 48.3 Å². The molecule has 1 aliphatic carbocycles. The van der Waals surface area contributed by atoms with E-state index in [-0.39, 0.29) is 6.04 Å². The van der Waals surface area contributed by atoms with E-state index in [4.69, 9.17) is 19.8 Å². The molecule has 0 aromatic carbocycles. The zero-order chi connectivity index (χ0) is 16.8. The summed E-state index contributed by atoms with van der Waals surface area (Å²) in [5, 5.41) is 4.94. The molecule has 4 heterocycles. The van der Waals surface area contributed by atoms with Gasteiger partial charge >= 0.3 is 0 Å². The van der Waals surface area contributed by atoms with Gasteiger partial charge < -0.3 is 9.64 Å². The lowest BCUT2D eigenvalue weighted by atomic mass is 10.1.